The minimum Gasteiger partial charge on any atom is -0.338 e. The molecule has 110 valence electrons. The lowest BCUT2D eigenvalue weighted by molar-refractivity contribution is -0.131. The number of amides is 1. The molecule has 2 heterocycles. The first-order valence-corrected chi connectivity index (χ1v) is 7.55. The molecule has 0 atom stereocenters. The highest BCUT2D eigenvalue weighted by Crippen LogP contribution is 2.18. The summed E-state index contributed by atoms with van der Waals surface area (Å²) < 4.78 is 1.94. The Balaban J connectivity index is 1.62. The van der Waals surface area contributed by atoms with Crippen LogP contribution >= 0.6 is 0 Å². The smallest absolute Gasteiger partial charge is 0.223 e. The van der Waals surface area contributed by atoms with Gasteiger partial charge >= 0.3 is 0 Å². The Hall–Kier alpha value is -2.10. The third-order valence-electron chi connectivity index (χ3n) is 4.17. The summed E-state index contributed by atoms with van der Waals surface area (Å²) in [5.41, 5.74) is 3.69. The first-order valence-electron chi connectivity index (χ1n) is 7.55. The Morgan fingerprint density at radius 2 is 2.10 bits per heavy atom. The largest absolute Gasteiger partial charge is 0.338 e. The standard InChI is InChI=1S/C17H21N3O/c1-19-16-8-5-11-20(13-15(16)12-18-19)17(21)10-9-14-6-3-2-4-7-14/h2-4,6-7,12H,5,8-11,13H2,1H3. The zero-order valence-electron chi connectivity index (χ0n) is 12.5. The van der Waals surface area contributed by atoms with E-state index in [-0.39, 0.29) is 5.91 Å². The van der Waals surface area contributed by atoms with E-state index in [4.69, 9.17) is 0 Å². The van der Waals surface area contributed by atoms with E-state index in [2.05, 4.69) is 17.2 Å². The molecule has 0 N–H and O–H groups in total. The summed E-state index contributed by atoms with van der Waals surface area (Å²) in [6.45, 7) is 1.55. The van der Waals surface area contributed by atoms with Crippen molar-refractivity contribution in [1.82, 2.24) is 14.7 Å². The van der Waals surface area contributed by atoms with Crippen LogP contribution in [0.4, 0.5) is 0 Å². The van der Waals surface area contributed by atoms with Crippen molar-refractivity contribution in [3.8, 4) is 0 Å². The number of hydrogen-bond acceptors (Lipinski definition) is 2. The van der Waals surface area contributed by atoms with E-state index in [0.717, 1.165) is 25.8 Å². The fourth-order valence-corrected chi connectivity index (χ4v) is 2.95. The van der Waals surface area contributed by atoms with Gasteiger partial charge in [0.1, 0.15) is 0 Å². The lowest BCUT2D eigenvalue weighted by atomic mass is 10.1. The average Bonchev–Trinajstić information content (AvgIpc) is 2.74. The summed E-state index contributed by atoms with van der Waals surface area (Å²) in [5.74, 6) is 0.246. The van der Waals surface area contributed by atoms with Crippen LogP contribution < -0.4 is 0 Å². The summed E-state index contributed by atoms with van der Waals surface area (Å²) in [7, 11) is 1.98. The number of carbonyl (C=O) groups excluding carboxylic acids is 1. The van der Waals surface area contributed by atoms with Crippen molar-refractivity contribution in [1.29, 1.82) is 0 Å². The highest BCUT2D eigenvalue weighted by Gasteiger charge is 2.20. The number of carbonyl (C=O) groups is 1. The lowest BCUT2D eigenvalue weighted by Gasteiger charge is -2.20. The first-order chi connectivity index (χ1) is 10.2. The molecule has 1 aromatic carbocycles. The molecule has 1 aromatic heterocycles. The maximum Gasteiger partial charge on any atom is 0.223 e. The van der Waals surface area contributed by atoms with E-state index in [1.54, 1.807) is 0 Å². The number of nitrogens with zero attached hydrogens (tertiary/aromatic N) is 3. The van der Waals surface area contributed by atoms with Gasteiger partial charge in [-0.05, 0) is 24.8 Å². The van der Waals surface area contributed by atoms with E-state index < -0.39 is 0 Å². The molecule has 0 saturated heterocycles. The molecular formula is C17H21N3O. The van der Waals surface area contributed by atoms with Crippen molar-refractivity contribution in [2.45, 2.75) is 32.2 Å². The minimum absolute atomic E-state index is 0.246. The highest BCUT2D eigenvalue weighted by molar-refractivity contribution is 5.76. The van der Waals surface area contributed by atoms with Gasteiger partial charge in [-0.1, -0.05) is 30.3 Å². The molecular weight excluding hydrogens is 262 g/mol. The van der Waals surface area contributed by atoms with E-state index in [1.165, 1.54) is 16.8 Å². The Morgan fingerprint density at radius 3 is 2.90 bits per heavy atom. The second-order valence-corrected chi connectivity index (χ2v) is 5.64. The summed E-state index contributed by atoms with van der Waals surface area (Å²) in [4.78, 5) is 14.4. The van der Waals surface area contributed by atoms with Crippen LogP contribution in [0.5, 0.6) is 0 Å². The first kappa shape index (κ1) is 13.9. The molecule has 0 unspecified atom stereocenters. The van der Waals surface area contributed by atoms with Crippen LogP contribution in [0.3, 0.4) is 0 Å². The predicted octanol–water partition coefficient (Wildman–Crippen LogP) is 2.33. The number of aryl methyl sites for hydroxylation is 2. The van der Waals surface area contributed by atoms with Gasteiger partial charge in [0.15, 0.2) is 0 Å². The normalized spacial score (nSPS) is 14.6. The zero-order chi connectivity index (χ0) is 14.7. The van der Waals surface area contributed by atoms with Crippen molar-refractivity contribution in [3.05, 3.63) is 53.3 Å². The van der Waals surface area contributed by atoms with E-state index >= 15 is 0 Å². The maximum absolute atomic E-state index is 12.4. The van der Waals surface area contributed by atoms with Gasteiger partial charge in [-0.2, -0.15) is 5.10 Å². The fourth-order valence-electron chi connectivity index (χ4n) is 2.95. The number of aromatic nitrogens is 2. The van der Waals surface area contributed by atoms with E-state index in [1.807, 2.05) is 41.0 Å². The van der Waals surface area contributed by atoms with Crippen LogP contribution in [0.2, 0.25) is 0 Å². The molecule has 3 rings (SSSR count). The lowest BCUT2D eigenvalue weighted by Crippen LogP contribution is -2.30. The molecule has 4 heteroatoms. The molecule has 0 saturated carbocycles. The summed E-state index contributed by atoms with van der Waals surface area (Å²) in [5, 5.41) is 4.31. The van der Waals surface area contributed by atoms with Crippen LogP contribution in [0.1, 0.15) is 29.7 Å². The quantitative estimate of drug-likeness (QED) is 0.867. The summed E-state index contributed by atoms with van der Waals surface area (Å²) >= 11 is 0. The van der Waals surface area contributed by atoms with Crippen LogP contribution in [-0.4, -0.2) is 27.1 Å². The average molecular weight is 283 g/mol. The van der Waals surface area contributed by atoms with Gasteiger partial charge in [0.05, 0.1) is 6.20 Å². The van der Waals surface area contributed by atoms with E-state index in [9.17, 15) is 4.79 Å². The number of hydrogen-bond donors (Lipinski definition) is 0. The molecule has 0 radical (unpaired) electrons. The highest BCUT2D eigenvalue weighted by atomic mass is 16.2. The van der Waals surface area contributed by atoms with Crippen LogP contribution in [0, 0.1) is 0 Å². The van der Waals surface area contributed by atoms with Crippen LogP contribution in [-0.2, 0) is 31.2 Å². The molecule has 0 bridgehead atoms. The fraction of sp³-hybridized carbons (Fsp3) is 0.412. The third kappa shape index (κ3) is 3.15. The number of benzene rings is 1. The minimum atomic E-state index is 0.246. The predicted molar refractivity (Wildman–Crippen MR) is 81.7 cm³/mol. The molecule has 2 aromatic rings. The second-order valence-electron chi connectivity index (χ2n) is 5.64. The summed E-state index contributed by atoms with van der Waals surface area (Å²) in [6, 6.07) is 10.2. The van der Waals surface area contributed by atoms with Crippen molar-refractivity contribution in [2.24, 2.45) is 7.05 Å². The molecule has 1 aliphatic rings. The molecule has 4 nitrogen and oxygen atoms in total. The Bertz CT molecular complexity index is 618. The Morgan fingerprint density at radius 1 is 1.29 bits per heavy atom. The van der Waals surface area contributed by atoms with Gasteiger partial charge in [0, 0.05) is 37.8 Å². The molecule has 0 spiro atoms. The van der Waals surface area contributed by atoms with Crippen molar-refractivity contribution in [3.63, 3.8) is 0 Å². The van der Waals surface area contributed by atoms with Gasteiger partial charge in [-0.15, -0.1) is 0 Å². The van der Waals surface area contributed by atoms with E-state index in [0.29, 0.717) is 13.0 Å². The van der Waals surface area contributed by atoms with Crippen LogP contribution in [0.25, 0.3) is 0 Å². The molecule has 0 aliphatic carbocycles. The summed E-state index contributed by atoms with van der Waals surface area (Å²) in [6.07, 6.45) is 5.33. The van der Waals surface area contributed by atoms with Crippen LogP contribution in [0.15, 0.2) is 36.5 Å². The van der Waals surface area contributed by atoms with Gasteiger partial charge in [0.25, 0.3) is 0 Å². The number of rotatable bonds is 3. The third-order valence-corrected chi connectivity index (χ3v) is 4.17. The second kappa shape index (κ2) is 6.12. The molecule has 21 heavy (non-hydrogen) atoms. The van der Waals surface area contributed by atoms with Crippen molar-refractivity contribution >= 4 is 5.91 Å². The monoisotopic (exact) mass is 283 g/mol. The molecule has 0 fully saturated rings. The van der Waals surface area contributed by atoms with Crippen molar-refractivity contribution in [2.75, 3.05) is 6.54 Å². The van der Waals surface area contributed by atoms with Gasteiger partial charge in [0.2, 0.25) is 5.91 Å². The number of fused-ring (bicyclic) bond motifs is 1. The van der Waals surface area contributed by atoms with Crippen molar-refractivity contribution < 1.29 is 4.79 Å². The molecule has 1 amide bonds. The maximum atomic E-state index is 12.4. The SMILES string of the molecule is Cn1ncc2c1CCCN(C(=O)CCc1ccccc1)C2. The zero-order valence-corrected chi connectivity index (χ0v) is 12.5. The van der Waals surface area contributed by atoms with Gasteiger partial charge < -0.3 is 4.90 Å². The van der Waals surface area contributed by atoms with Gasteiger partial charge in [-0.25, -0.2) is 0 Å². The Kier molecular flexibility index (Phi) is 4.04. The van der Waals surface area contributed by atoms with Gasteiger partial charge in [-0.3, -0.25) is 9.48 Å². The molecule has 1 aliphatic heterocycles. The Labute approximate surface area is 125 Å². The topological polar surface area (TPSA) is 38.1 Å².